The van der Waals surface area contributed by atoms with E-state index in [1.54, 1.807) is 0 Å². The lowest BCUT2D eigenvalue weighted by Gasteiger charge is -2.36. The van der Waals surface area contributed by atoms with E-state index in [1.165, 1.54) is 5.56 Å². The Labute approximate surface area is 128 Å². The van der Waals surface area contributed by atoms with Crippen LogP contribution >= 0.6 is 0 Å². The number of benzene rings is 1. The molecular weight excluding hydrogens is 260 g/mol. The highest BCUT2D eigenvalue weighted by Crippen LogP contribution is 2.33. The van der Waals surface area contributed by atoms with E-state index in [1.807, 2.05) is 18.2 Å². The number of amides is 1. The molecule has 0 aromatic heterocycles. The van der Waals surface area contributed by atoms with Crippen LogP contribution in [0.2, 0.25) is 0 Å². The molecule has 0 saturated carbocycles. The van der Waals surface area contributed by atoms with Gasteiger partial charge in [-0.15, -0.1) is 0 Å². The second-order valence-electron chi connectivity index (χ2n) is 6.17. The average Bonchev–Trinajstić information content (AvgIpc) is 2.50. The van der Waals surface area contributed by atoms with Crippen LogP contribution in [0.15, 0.2) is 24.3 Å². The van der Waals surface area contributed by atoms with E-state index in [-0.39, 0.29) is 11.3 Å². The van der Waals surface area contributed by atoms with E-state index in [9.17, 15) is 4.79 Å². The predicted molar refractivity (Wildman–Crippen MR) is 88.5 cm³/mol. The van der Waals surface area contributed by atoms with Gasteiger partial charge in [-0.3, -0.25) is 4.79 Å². The summed E-state index contributed by atoms with van der Waals surface area (Å²) in [4.78, 5) is 12.9. The summed E-state index contributed by atoms with van der Waals surface area (Å²) in [5.74, 6) is 0.195. The Morgan fingerprint density at radius 3 is 2.76 bits per heavy atom. The summed E-state index contributed by atoms with van der Waals surface area (Å²) in [6, 6.07) is 8.19. The number of piperidine rings is 1. The first-order chi connectivity index (χ1) is 10.2. The van der Waals surface area contributed by atoms with E-state index in [4.69, 9.17) is 0 Å². The number of hydrogen-bond acceptors (Lipinski definition) is 2. The number of hydrogen-bond donors (Lipinski definition) is 2. The summed E-state index contributed by atoms with van der Waals surface area (Å²) in [6.45, 7) is 6.17. The summed E-state index contributed by atoms with van der Waals surface area (Å²) in [5, 5.41) is 6.62. The molecule has 2 rings (SSSR count). The Morgan fingerprint density at radius 2 is 2.10 bits per heavy atom. The van der Waals surface area contributed by atoms with Crippen molar-refractivity contribution in [2.24, 2.45) is 5.41 Å². The molecule has 1 aliphatic heterocycles. The zero-order chi connectivity index (χ0) is 15.1. The molecule has 116 valence electrons. The minimum Gasteiger partial charge on any atom is -0.325 e. The summed E-state index contributed by atoms with van der Waals surface area (Å²) in [5.41, 5.74) is 2.00. The fourth-order valence-corrected chi connectivity index (χ4v) is 3.35. The molecule has 21 heavy (non-hydrogen) atoms. The summed E-state index contributed by atoms with van der Waals surface area (Å²) >= 11 is 0. The molecule has 2 N–H and O–H groups in total. The Bertz CT molecular complexity index is 459. The van der Waals surface area contributed by atoms with Gasteiger partial charge in [0.2, 0.25) is 5.91 Å². The van der Waals surface area contributed by atoms with Gasteiger partial charge in [-0.05, 0) is 43.9 Å². The number of rotatable bonds is 6. The Balaban J connectivity index is 2.15. The highest BCUT2D eigenvalue weighted by Gasteiger charge is 2.38. The van der Waals surface area contributed by atoms with Gasteiger partial charge >= 0.3 is 0 Å². The maximum Gasteiger partial charge on any atom is 0.231 e. The smallest absolute Gasteiger partial charge is 0.231 e. The van der Waals surface area contributed by atoms with Gasteiger partial charge in [-0.2, -0.15) is 0 Å². The van der Waals surface area contributed by atoms with Crippen molar-refractivity contribution in [1.29, 1.82) is 0 Å². The summed E-state index contributed by atoms with van der Waals surface area (Å²) < 4.78 is 0. The van der Waals surface area contributed by atoms with Gasteiger partial charge in [0.1, 0.15) is 0 Å². The molecule has 1 aliphatic rings. The van der Waals surface area contributed by atoms with Gasteiger partial charge in [0.15, 0.2) is 0 Å². The lowest BCUT2D eigenvalue weighted by Crippen LogP contribution is -2.48. The summed E-state index contributed by atoms with van der Waals surface area (Å²) in [6.07, 6.45) is 6.19. The third-order valence-corrected chi connectivity index (χ3v) is 4.47. The van der Waals surface area contributed by atoms with Crippen LogP contribution in [0.1, 0.15) is 51.5 Å². The van der Waals surface area contributed by atoms with Crippen molar-refractivity contribution < 1.29 is 4.79 Å². The van der Waals surface area contributed by atoms with Crippen LogP contribution in [0.25, 0.3) is 0 Å². The van der Waals surface area contributed by atoms with Crippen molar-refractivity contribution >= 4 is 11.6 Å². The van der Waals surface area contributed by atoms with Crippen molar-refractivity contribution in [3.05, 3.63) is 29.8 Å². The zero-order valence-electron chi connectivity index (χ0n) is 13.4. The van der Waals surface area contributed by atoms with E-state index >= 15 is 0 Å². The van der Waals surface area contributed by atoms with Gasteiger partial charge in [0.25, 0.3) is 0 Å². The maximum absolute atomic E-state index is 12.9. The van der Waals surface area contributed by atoms with E-state index in [0.717, 1.165) is 57.3 Å². The fourth-order valence-electron chi connectivity index (χ4n) is 3.35. The molecular formula is C18H28N2O. The van der Waals surface area contributed by atoms with Crippen LogP contribution in [0.4, 0.5) is 5.69 Å². The molecule has 1 aromatic carbocycles. The first-order valence-electron chi connectivity index (χ1n) is 8.32. The van der Waals surface area contributed by atoms with Crippen molar-refractivity contribution in [2.45, 2.75) is 52.4 Å². The predicted octanol–water partition coefficient (Wildman–Crippen LogP) is 3.75. The van der Waals surface area contributed by atoms with Gasteiger partial charge in [-0.25, -0.2) is 0 Å². The van der Waals surface area contributed by atoms with Crippen molar-refractivity contribution in [3.8, 4) is 0 Å². The van der Waals surface area contributed by atoms with Crippen molar-refractivity contribution in [3.63, 3.8) is 0 Å². The Morgan fingerprint density at radius 1 is 1.29 bits per heavy atom. The number of aryl methyl sites for hydroxylation is 1. The zero-order valence-corrected chi connectivity index (χ0v) is 13.4. The molecule has 3 nitrogen and oxygen atoms in total. The lowest BCUT2D eigenvalue weighted by atomic mass is 9.76. The van der Waals surface area contributed by atoms with Crippen molar-refractivity contribution in [2.75, 3.05) is 18.4 Å². The lowest BCUT2D eigenvalue weighted by molar-refractivity contribution is -0.127. The monoisotopic (exact) mass is 288 g/mol. The third-order valence-electron chi connectivity index (χ3n) is 4.47. The van der Waals surface area contributed by atoms with Crippen LogP contribution in [0, 0.1) is 5.41 Å². The molecule has 1 atom stereocenters. The van der Waals surface area contributed by atoms with E-state index < -0.39 is 0 Å². The van der Waals surface area contributed by atoms with Crippen LogP contribution in [-0.2, 0) is 11.2 Å². The number of anilines is 1. The molecule has 0 bridgehead atoms. The molecule has 0 aliphatic carbocycles. The number of para-hydroxylation sites is 1. The molecule has 3 heteroatoms. The highest BCUT2D eigenvalue weighted by molar-refractivity contribution is 5.96. The first kappa shape index (κ1) is 16.0. The van der Waals surface area contributed by atoms with Crippen LogP contribution < -0.4 is 10.6 Å². The highest BCUT2D eigenvalue weighted by atomic mass is 16.2. The maximum atomic E-state index is 12.9. The third kappa shape index (κ3) is 3.85. The standard InChI is InChI=1S/C18H28N2O/c1-3-8-15-9-5-6-10-16(15)20-17(21)18(11-4-2)12-7-13-19-14-18/h5-6,9-10,19H,3-4,7-8,11-14H2,1-2H3,(H,20,21). The number of nitrogens with one attached hydrogen (secondary N) is 2. The number of carbonyl (C=O) groups excluding carboxylic acids is 1. The molecule has 1 heterocycles. The van der Waals surface area contributed by atoms with Gasteiger partial charge in [-0.1, -0.05) is 44.9 Å². The topological polar surface area (TPSA) is 41.1 Å². The van der Waals surface area contributed by atoms with Crippen LogP contribution in [0.3, 0.4) is 0 Å². The molecule has 1 aromatic rings. The summed E-state index contributed by atoms with van der Waals surface area (Å²) in [7, 11) is 0. The van der Waals surface area contributed by atoms with Gasteiger partial charge in [0, 0.05) is 12.2 Å². The van der Waals surface area contributed by atoms with Gasteiger partial charge < -0.3 is 10.6 Å². The molecule has 1 saturated heterocycles. The first-order valence-corrected chi connectivity index (χ1v) is 8.32. The quantitative estimate of drug-likeness (QED) is 0.837. The molecule has 1 amide bonds. The second kappa shape index (κ2) is 7.60. The normalized spacial score (nSPS) is 22.0. The van der Waals surface area contributed by atoms with E-state index in [2.05, 4.69) is 30.5 Å². The minimum absolute atomic E-state index is 0.195. The minimum atomic E-state index is -0.230. The largest absolute Gasteiger partial charge is 0.325 e. The fraction of sp³-hybridized carbons (Fsp3) is 0.611. The Kier molecular flexibility index (Phi) is 5.80. The molecule has 0 radical (unpaired) electrons. The van der Waals surface area contributed by atoms with E-state index in [0.29, 0.717) is 0 Å². The average molecular weight is 288 g/mol. The SMILES string of the molecule is CCCc1ccccc1NC(=O)C1(CCC)CCCNC1. The number of carbonyl (C=O) groups is 1. The second-order valence-corrected chi connectivity index (χ2v) is 6.17. The van der Waals surface area contributed by atoms with Crippen molar-refractivity contribution in [1.82, 2.24) is 5.32 Å². The Hall–Kier alpha value is -1.35. The molecule has 1 fully saturated rings. The van der Waals surface area contributed by atoms with Gasteiger partial charge in [0.05, 0.1) is 5.41 Å². The molecule has 1 unspecified atom stereocenters. The van der Waals surface area contributed by atoms with Crippen LogP contribution in [-0.4, -0.2) is 19.0 Å². The molecule has 0 spiro atoms. The van der Waals surface area contributed by atoms with Crippen LogP contribution in [0.5, 0.6) is 0 Å².